The minimum absolute atomic E-state index is 0.0238. The summed E-state index contributed by atoms with van der Waals surface area (Å²) in [5, 5.41) is 240. The van der Waals surface area contributed by atoms with E-state index in [0.29, 0.717) is 44.9 Å². The molecule has 11 fully saturated rings. The molecule has 0 bridgehead atoms. The number of fused-ring (bicyclic) bond motifs is 7. The van der Waals surface area contributed by atoms with Crippen molar-refractivity contribution in [2.24, 2.45) is 52.3 Å². The Morgan fingerprint density at radius 2 is 0.847 bits per heavy atom. The second-order valence-corrected chi connectivity index (χ2v) is 30.0. The fourth-order valence-electron chi connectivity index (χ4n) is 18.6. The Balaban J connectivity index is 0.752. The molecule has 98 heavy (non-hydrogen) atoms. The summed E-state index contributed by atoms with van der Waals surface area (Å²) >= 11 is 0. The first-order valence-corrected chi connectivity index (χ1v) is 34.5. The summed E-state index contributed by atoms with van der Waals surface area (Å²) in [6.45, 7) is 3.11. The van der Waals surface area contributed by atoms with Gasteiger partial charge in [0.05, 0.1) is 64.6 Å². The molecule has 43 unspecified atom stereocenters. The van der Waals surface area contributed by atoms with Gasteiger partial charge in [0.1, 0.15) is 146 Å². The highest BCUT2D eigenvalue weighted by molar-refractivity contribution is 5.16. The number of aliphatic hydroxyl groups is 22. The van der Waals surface area contributed by atoms with E-state index < -0.39 is 242 Å². The lowest BCUT2D eigenvalue weighted by molar-refractivity contribution is -0.411. The smallest absolute Gasteiger partial charge is 0.187 e. The molecule has 22 N–H and O–H groups in total. The normalized spacial score (nSPS) is 55.5. The van der Waals surface area contributed by atoms with Crippen molar-refractivity contribution >= 4 is 0 Å². The van der Waals surface area contributed by atoms with Crippen LogP contribution in [-0.2, 0) is 61.6 Å². The Kier molecular flexibility index (Phi) is 24.7. The van der Waals surface area contributed by atoms with Crippen LogP contribution in [0.5, 0.6) is 0 Å². The van der Waals surface area contributed by atoms with Crippen LogP contribution in [0.25, 0.3) is 0 Å². The second-order valence-electron chi connectivity index (χ2n) is 30.0. The monoisotopic (exact) mass is 1420 g/mol. The van der Waals surface area contributed by atoms with Crippen molar-refractivity contribution in [2.45, 2.75) is 294 Å². The number of rotatable bonds is 22. The number of hydrogen-bond donors (Lipinski definition) is 22. The second kappa shape index (κ2) is 31.2. The Morgan fingerprint density at radius 1 is 0.408 bits per heavy atom. The van der Waals surface area contributed by atoms with E-state index in [1.165, 1.54) is 0 Å². The molecule has 43 atom stereocenters. The first-order valence-electron chi connectivity index (χ1n) is 34.5. The van der Waals surface area contributed by atoms with Gasteiger partial charge in [0.25, 0.3) is 0 Å². The van der Waals surface area contributed by atoms with Crippen LogP contribution in [0.4, 0.5) is 0 Å². The number of aliphatic hydroxyl groups excluding tert-OH is 21. The van der Waals surface area contributed by atoms with E-state index in [1.54, 1.807) is 0 Å². The minimum Gasteiger partial charge on any atom is -0.394 e. The lowest BCUT2D eigenvalue weighted by atomic mass is 9.43. The van der Waals surface area contributed by atoms with Gasteiger partial charge in [-0.1, -0.05) is 27.7 Å². The van der Waals surface area contributed by atoms with Crippen LogP contribution in [0.3, 0.4) is 0 Å². The van der Waals surface area contributed by atoms with Crippen molar-refractivity contribution in [1.29, 1.82) is 0 Å². The highest BCUT2D eigenvalue weighted by Gasteiger charge is 2.70. The van der Waals surface area contributed by atoms with Crippen LogP contribution in [0.2, 0.25) is 0 Å². The van der Waals surface area contributed by atoms with Crippen molar-refractivity contribution in [3.8, 4) is 0 Å². The molecule has 7 aliphatic heterocycles. The summed E-state index contributed by atoms with van der Waals surface area (Å²) in [5.74, 6) is -1.57. The molecular formula is C63H106O35. The standard InChI is InChI=1S/C63H106O35/c1-21(20-86-55-46(80)42(76)37(71)30(14-64)88-55)5-10-63(85)22(2)36-29(98-63)13-26-24-12-28(70)27-11-23(6-8-61(27,3)25(24)7-9-62(26,36)4)87-56-49(83)45(79)51(35(19-69)93-56)94-60-54(53(41(75)34(18-68)92-60)96-58-48(82)44(78)39(73)32(16-66)90-58)97-59-50(84)52(40(74)33(17-67)91-59)95-57-47(81)43(77)38(72)31(15-65)89-57/h21-60,64-85H,5-20H2,1-4H3. The van der Waals surface area contributed by atoms with E-state index in [9.17, 15) is 112 Å². The Bertz CT molecular complexity index is 2550. The van der Waals surface area contributed by atoms with E-state index in [-0.39, 0.29) is 65.0 Å². The zero-order chi connectivity index (χ0) is 71.1. The van der Waals surface area contributed by atoms with Crippen molar-refractivity contribution in [2.75, 3.05) is 46.2 Å². The third-order valence-corrected chi connectivity index (χ3v) is 24.3. The van der Waals surface area contributed by atoms with E-state index in [1.807, 2.05) is 13.8 Å². The lowest BCUT2D eigenvalue weighted by Gasteiger charge is -2.62. The van der Waals surface area contributed by atoms with Gasteiger partial charge in [-0.25, -0.2) is 0 Å². The summed E-state index contributed by atoms with van der Waals surface area (Å²) < 4.78 is 77.8. The first-order chi connectivity index (χ1) is 46.4. The van der Waals surface area contributed by atoms with E-state index >= 15 is 0 Å². The maximum atomic E-state index is 12.3. The van der Waals surface area contributed by atoms with Crippen LogP contribution in [0.15, 0.2) is 0 Å². The molecular weight excluding hydrogens is 1320 g/mol. The molecule has 7 saturated heterocycles. The fourth-order valence-corrected chi connectivity index (χ4v) is 18.6. The Morgan fingerprint density at radius 3 is 1.41 bits per heavy atom. The zero-order valence-electron chi connectivity index (χ0n) is 55.1. The molecule has 0 radical (unpaired) electrons. The summed E-state index contributed by atoms with van der Waals surface area (Å²) in [6.07, 6.45) is -52.3. The van der Waals surface area contributed by atoms with Crippen LogP contribution in [-0.4, -0.2) is 367 Å². The summed E-state index contributed by atoms with van der Waals surface area (Å²) in [7, 11) is 0. The van der Waals surface area contributed by atoms with Gasteiger partial charge < -0.3 is 174 Å². The van der Waals surface area contributed by atoms with Gasteiger partial charge in [-0.05, 0) is 97.7 Å². The average Bonchev–Trinajstić information content (AvgIpc) is 1.48. The molecule has 35 nitrogen and oxygen atoms in total. The molecule has 0 aromatic rings. The third-order valence-electron chi connectivity index (χ3n) is 24.3. The third kappa shape index (κ3) is 14.3. The summed E-state index contributed by atoms with van der Waals surface area (Å²) in [5.41, 5.74) is -0.583. The molecule has 4 saturated carbocycles. The maximum Gasteiger partial charge on any atom is 0.187 e. The predicted octanol–water partition coefficient (Wildman–Crippen LogP) is -9.34. The highest BCUT2D eigenvalue weighted by atomic mass is 16.8. The van der Waals surface area contributed by atoms with Crippen molar-refractivity contribution in [1.82, 2.24) is 0 Å². The van der Waals surface area contributed by atoms with Crippen LogP contribution >= 0.6 is 0 Å². The molecule has 0 spiro atoms. The molecule has 0 amide bonds. The lowest BCUT2D eigenvalue weighted by Crippen LogP contribution is -2.69. The molecule has 0 aromatic heterocycles. The Hall–Kier alpha value is -1.40. The molecule has 7 heterocycles. The van der Waals surface area contributed by atoms with E-state index in [4.69, 9.17) is 61.6 Å². The molecule has 4 aliphatic carbocycles. The molecule has 11 aliphatic rings. The molecule has 11 rings (SSSR count). The summed E-state index contributed by atoms with van der Waals surface area (Å²) in [4.78, 5) is 0. The first kappa shape index (κ1) is 77.7. The highest BCUT2D eigenvalue weighted by Crippen LogP contribution is 2.71. The summed E-state index contributed by atoms with van der Waals surface area (Å²) in [6, 6.07) is 0. The van der Waals surface area contributed by atoms with Crippen molar-refractivity contribution in [3.63, 3.8) is 0 Å². The van der Waals surface area contributed by atoms with Gasteiger partial charge >= 0.3 is 0 Å². The molecule has 568 valence electrons. The van der Waals surface area contributed by atoms with Gasteiger partial charge in [0, 0.05) is 12.3 Å². The largest absolute Gasteiger partial charge is 0.394 e. The van der Waals surface area contributed by atoms with Crippen molar-refractivity contribution < 1.29 is 174 Å². The van der Waals surface area contributed by atoms with Gasteiger partial charge in [-0.3, -0.25) is 0 Å². The van der Waals surface area contributed by atoms with Crippen LogP contribution in [0, 0.1) is 52.3 Å². The topological polar surface area (TPSA) is 565 Å². The predicted molar refractivity (Wildman–Crippen MR) is 318 cm³/mol. The Labute approximate surface area is 564 Å². The van der Waals surface area contributed by atoms with Crippen molar-refractivity contribution in [3.05, 3.63) is 0 Å². The SMILES string of the molecule is CC(CCC1(O)OC2CC3C4CC(O)C5CC(OC6OC(CO)C(OC7OC(CO)C(O)C(OC8OC(CO)C(O)C(O)C8O)C7OC7OC(CO)C(O)C(OC8OC(CO)C(O)C(O)C8O)C7O)C(O)C6O)CCC5(C)C4CCC3(C)C2C1C)COC1OC(CO)C(O)C(O)C1O. The number of ether oxygens (including phenoxy) is 13. The van der Waals surface area contributed by atoms with Gasteiger partial charge in [-0.15, -0.1) is 0 Å². The molecule has 35 heteroatoms. The van der Waals surface area contributed by atoms with Gasteiger partial charge in [-0.2, -0.15) is 0 Å². The minimum atomic E-state index is -2.26. The maximum absolute atomic E-state index is 12.3. The average molecular weight is 1420 g/mol. The van der Waals surface area contributed by atoms with E-state index in [2.05, 4.69) is 13.8 Å². The van der Waals surface area contributed by atoms with Crippen LogP contribution in [0.1, 0.15) is 85.5 Å². The van der Waals surface area contributed by atoms with Gasteiger partial charge in [0.15, 0.2) is 43.5 Å². The number of hydrogen-bond acceptors (Lipinski definition) is 35. The van der Waals surface area contributed by atoms with Crippen LogP contribution < -0.4 is 0 Å². The van der Waals surface area contributed by atoms with Gasteiger partial charge in [0.2, 0.25) is 0 Å². The fraction of sp³-hybridized carbons (Fsp3) is 1.00. The quantitative estimate of drug-likeness (QED) is 0.0448. The van der Waals surface area contributed by atoms with E-state index in [0.717, 1.165) is 12.8 Å². The molecule has 0 aromatic carbocycles. The zero-order valence-corrected chi connectivity index (χ0v) is 55.1.